The first-order valence-electron chi connectivity index (χ1n) is 5.91. The van der Waals surface area contributed by atoms with E-state index in [1.165, 1.54) is 7.11 Å². The zero-order valence-corrected chi connectivity index (χ0v) is 11.8. The summed E-state index contributed by atoms with van der Waals surface area (Å²) in [7, 11) is 1.36. The van der Waals surface area contributed by atoms with Gasteiger partial charge < -0.3 is 15.0 Å². The van der Waals surface area contributed by atoms with E-state index in [-0.39, 0.29) is 12.5 Å². The Hall–Kier alpha value is -1.88. The number of methoxy groups -OCH3 is 1. The second-order valence-corrected chi connectivity index (χ2v) is 4.28. The van der Waals surface area contributed by atoms with Crippen molar-refractivity contribution in [2.45, 2.75) is 6.54 Å². The minimum atomic E-state index is -0.321. The third-order valence-corrected chi connectivity index (χ3v) is 2.85. The first-order chi connectivity index (χ1) is 9.17. The van der Waals surface area contributed by atoms with Gasteiger partial charge in [-0.05, 0) is 17.8 Å². The molecule has 0 aliphatic rings. The highest BCUT2D eigenvalue weighted by molar-refractivity contribution is 7.80. The van der Waals surface area contributed by atoms with Crippen LogP contribution in [0.5, 0.6) is 0 Å². The van der Waals surface area contributed by atoms with E-state index in [9.17, 15) is 4.79 Å². The van der Waals surface area contributed by atoms with Gasteiger partial charge in [0.15, 0.2) is 5.11 Å². The van der Waals surface area contributed by atoms with Crippen LogP contribution in [0.4, 0.5) is 0 Å². The summed E-state index contributed by atoms with van der Waals surface area (Å²) < 4.78 is 4.68. The second-order valence-electron chi connectivity index (χ2n) is 3.89. The number of carbonyl (C=O) groups is 1. The van der Waals surface area contributed by atoms with E-state index in [2.05, 4.69) is 16.6 Å². The molecule has 0 unspecified atom stereocenters. The maximum absolute atomic E-state index is 11.4. The van der Waals surface area contributed by atoms with Crippen LogP contribution < -0.4 is 5.32 Å². The van der Waals surface area contributed by atoms with Gasteiger partial charge in [-0.25, -0.2) is 0 Å². The molecule has 0 aliphatic heterocycles. The smallest absolute Gasteiger partial charge is 0.325 e. The Labute approximate surface area is 119 Å². The Morgan fingerprint density at radius 1 is 1.47 bits per heavy atom. The molecule has 19 heavy (non-hydrogen) atoms. The molecular formula is C14H18N2O2S. The quantitative estimate of drug-likeness (QED) is 0.487. The highest BCUT2D eigenvalue weighted by atomic mass is 32.1. The summed E-state index contributed by atoms with van der Waals surface area (Å²) in [6.07, 6.45) is 1.71. The lowest BCUT2D eigenvalue weighted by Crippen LogP contribution is -2.42. The molecule has 1 rings (SSSR count). The lowest BCUT2D eigenvalue weighted by atomic mass is 10.2. The summed E-state index contributed by atoms with van der Waals surface area (Å²) in [6, 6.07) is 9.82. The van der Waals surface area contributed by atoms with Gasteiger partial charge in [-0.1, -0.05) is 36.4 Å². The fraction of sp³-hybridized carbons (Fsp3) is 0.286. The van der Waals surface area contributed by atoms with Crippen LogP contribution in [-0.2, 0) is 16.1 Å². The average molecular weight is 278 g/mol. The Kier molecular flexibility index (Phi) is 6.60. The van der Waals surface area contributed by atoms with E-state index in [0.29, 0.717) is 18.2 Å². The van der Waals surface area contributed by atoms with Gasteiger partial charge >= 0.3 is 5.97 Å². The van der Waals surface area contributed by atoms with Crippen LogP contribution in [0.1, 0.15) is 5.56 Å². The zero-order chi connectivity index (χ0) is 14.1. The maximum Gasteiger partial charge on any atom is 0.325 e. The van der Waals surface area contributed by atoms with Crippen molar-refractivity contribution in [1.29, 1.82) is 0 Å². The molecule has 0 aromatic heterocycles. The number of ether oxygens (including phenoxy) is 1. The lowest BCUT2D eigenvalue weighted by molar-refractivity contribution is -0.141. The van der Waals surface area contributed by atoms with Crippen molar-refractivity contribution in [1.82, 2.24) is 10.2 Å². The molecule has 102 valence electrons. The molecule has 0 amide bonds. The monoisotopic (exact) mass is 278 g/mol. The number of esters is 1. The summed E-state index contributed by atoms with van der Waals surface area (Å²) in [4.78, 5) is 13.2. The third-order valence-electron chi connectivity index (χ3n) is 2.45. The van der Waals surface area contributed by atoms with Crippen molar-refractivity contribution in [3.8, 4) is 0 Å². The zero-order valence-electron chi connectivity index (χ0n) is 11.0. The molecule has 0 spiro atoms. The molecular weight excluding hydrogens is 260 g/mol. The SMILES string of the molecule is C=CCNC(=S)N(CC(=O)OC)Cc1ccccc1. The number of nitrogens with zero attached hydrogens (tertiary/aromatic N) is 1. The molecule has 0 atom stereocenters. The topological polar surface area (TPSA) is 41.6 Å². The second kappa shape index (κ2) is 8.26. The highest BCUT2D eigenvalue weighted by Gasteiger charge is 2.14. The van der Waals surface area contributed by atoms with Gasteiger partial charge in [0.2, 0.25) is 0 Å². The Balaban J connectivity index is 2.71. The number of benzene rings is 1. The van der Waals surface area contributed by atoms with Gasteiger partial charge in [0.25, 0.3) is 0 Å². The summed E-state index contributed by atoms with van der Waals surface area (Å²) in [6.45, 7) is 4.86. The molecule has 1 aromatic carbocycles. The number of hydrogen-bond donors (Lipinski definition) is 1. The van der Waals surface area contributed by atoms with Gasteiger partial charge in [0.05, 0.1) is 7.11 Å². The number of hydrogen-bond acceptors (Lipinski definition) is 3. The first-order valence-corrected chi connectivity index (χ1v) is 6.32. The maximum atomic E-state index is 11.4. The Morgan fingerprint density at radius 2 is 2.16 bits per heavy atom. The van der Waals surface area contributed by atoms with E-state index in [1.807, 2.05) is 30.3 Å². The minimum Gasteiger partial charge on any atom is -0.468 e. The molecule has 4 nitrogen and oxygen atoms in total. The largest absolute Gasteiger partial charge is 0.468 e. The molecule has 0 bridgehead atoms. The number of carbonyl (C=O) groups excluding carboxylic acids is 1. The van der Waals surface area contributed by atoms with E-state index in [0.717, 1.165) is 5.56 Å². The van der Waals surface area contributed by atoms with Gasteiger partial charge in [0, 0.05) is 13.1 Å². The van der Waals surface area contributed by atoms with Crippen molar-refractivity contribution in [3.05, 3.63) is 48.6 Å². The van der Waals surface area contributed by atoms with Gasteiger partial charge in [-0.2, -0.15) is 0 Å². The summed E-state index contributed by atoms with van der Waals surface area (Å²) in [5, 5.41) is 3.52. The van der Waals surface area contributed by atoms with Crippen molar-refractivity contribution in [2.24, 2.45) is 0 Å². The number of nitrogens with one attached hydrogen (secondary N) is 1. The van der Waals surface area contributed by atoms with E-state index in [4.69, 9.17) is 12.2 Å². The Bertz CT molecular complexity index is 434. The normalized spacial score (nSPS) is 9.53. The number of rotatable bonds is 6. The molecule has 1 N–H and O–H groups in total. The van der Waals surface area contributed by atoms with Crippen LogP contribution in [0.3, 0.4) is 0 Å². The van der Waals surface area contributed by atoms with Crippen molar-refractivity contribution >= 4 is 23.3 Å². The molecule has 0 saturated carbocycles. The third kappa shape index (κ3) is 5.52. The molecule has 0 fully saturated rings. The molecule has 0 saturated heterocycles. The number of thiocarbonyl (C=S) groups is 1. The molecule has 5 heteroatoms. The minimum absolute atomic E-state index is 0.119. The molecule has 1 aromatic rings. The van der Waals surface area contributed by atoms with Gasteiger partial charge in [0.1, 0.15) is 6.54 Å². The van der Waals surface area contributed by atoms with Crippen molar-refractivity contribution in [2.75, 3.05) is 20.2 Å². The summed E-state index contributed by atoms with van der Waals surface area (Å²) in [5.41, 5.74) is 1.08. The van der Waals surface area contributed by atoms with Gasteiger partial charge in [-0.15, -0.1) is 6.58 Å². The molecule has 0 heterocycles. The molecule has 0 aliphatic carbocycles. The first kappa shape index (κ1) is 15.2. The highest BCUT2D eigenvalue weighted by Crippen LogP contribution is 2.05. The van der Waals surface area contributed by atoms with Crippen molar-refractivity contribution in [3.63, 3.8) is 0 Å². The van der Waals surface area contributed by atoms with Gasteiger partial charge in [-0.3, -0.25) is 4.79 Å². The standard InChI is InChI=1S/C14H18N2O2S/c1-3-9-15-14(19)16(11-13(17)18-2)10-12-7-5-4-6-8-12/h3-8H,1,9-11H2,2H3,(H,15,19). The van der Waals surface area contributed by atoms with E-state index in [1.54, 1.807) is 11.0 Å². The predicted octanol–water partition coefficient (Wildman–Crippen LogP) is 1.72. The van der Waals surface area contributed by atoms with Crippen LogP contribution >= 0.6 is 12.2 Å². The predicted molar refractivity (Wildman–Crippen MR) is 79.7 cm³/mol. The van der Waals surface area contributed by atoms with Crippen LogP contribution in [-0.4, -0.2) is 36.2 Å². The molecule has 0 radical (unpaired) electrons. The van der Waals surface area contributed by atoms with E-state index >= 15 is 0 Å². The van der Waals surface area contributed by atoms with Crippen LogP contribution in [0.15, 0.2) is 43.0 Å². The summed E-state index contributed by atoms with van der Waals surface area (Å²) in [5.74, 6) is -0.321. The Morgan fingerprint density at radius 3 is 2.74 bits per heavy atom. The lowest BCUT2D eigenvalue weighted by Gasteiger charge is -2.24. The van der Waals surface area contributed by atoms with Crippen LogP contribution in [0, 0.1) is 0 Å². The van der Waals surface area contributed by atoms with Crippen LogP contribution in [0.25, 0.3) is 0 Å². The summed E-state index contributed by atoms with van der Waals surface area (Å²) >= 11 is 5.27. The van der Waals surface area contributed by atoms with E-state index < -0.39 is 0 Å². The average Bonchev–Trinajstić information content (AvgIpc) is 2.44. The fourth-order valence-corrected chi connectivity index (χ4v) is 1.71. The fourth-order valence-electron chi connectivity index (χ4n) is 1.49. The van der Waals surface area contributed by atoms with Crippen LogP contribution in [0.2, 0.25) is 0 Å². The van der Waals surface area contributed by atoms with Crippen molar-refractivity contribution < 1.29 is 9.53 Å².